The third kappa shape index (κ3) is 3.21. The monoisotopic (exact) mass is 224 g/mol. The lowest BCUT2D eigenvalue weighted by Crippen LogP contribution is -2.45. The molecule has 2 heteroatoms. The van der Waals surface area contributed by atoms with Crippen molar-refractivity contribution in [1.29, 1.82) is 0 Å². The maximum Gasteiger partial charge on any atom is 0.00793 e. The van der Waals surface area contributed by atoms with E-state index in [-0.39, 0.29) is 0 Å². The Morgan fingerprint density at radius 1 is 1.12 bits per heavy atom. The van der Waals surface area contributed by atoms with Crippen molar-refractivity contribution in [2.75, 3.05) is 19.6 Å². The van der Waals surface area contributed by atoms with E-state index in [1.807, 2.05) is 0 Å². The van der Waals surface area contributed by atoms with Crippen molar-refractivity contribution in [3.8, 4) is 0 Å². The number of nitrogens with zero attached hydrogens (tertiary/aromatic N) is 1. The third-order valence-electron chi connectivity index (χ3n) is 4.67. The first-order chi connectivity index (χ1) is 7.57. The first-order valence-corrected chi connectivity index (χ1v) is 7.05. The van der Waals surface area contributed by atoms with Crippen LogP contribution >= 0.6 is 0 Å². The third-order valence-corrected chi connectivity index (χ3v) is 4.67. The van der Waals surface area contributed by atoms with Crippen molar-refractivity contribution in [3.63, 3.8) is 0 Å². The van der Waals surface area contributed by atoms with Crippen LogP contribution in [0.3, 0.4) is 0 Å². The Morgan fingerprint density at radius 3 is 2.38 bits per heavy atom. The second kappa shape index (κ2) is 5.05. The number of rotatable bonds is 2. The molecule has 0 unspecified atom stereocenters. The normalized spacial score (nSPS) is 36.2. The first-order valence-electron chi connectivity index (χ1n) is 7.05. The van der Waals surface area contributed by atoms with Crippen molar-refractivity contribution in [1.82, 2.24) is 4.90 Å². The van der Waals surface area contributed by atoms with Gasteiger partial charge in [0, 0.05) is 12.6 Å². The predicted octanol–water partition coefficient (Wildman–Crippen LogP) is 2.63. The average molecular weight is 224 g/mol. The van der Waals surface area contributed by atoms with Gasteiger partial charge >= 0.3 is 0 Å². The molecular formula is C14H28N2. The van der Waals surface area contributed by atoms with Crippen molar-refractivity contribution >= 4 is 0 Å². The molecule has 0 aromatic rings. The van der Waals surface area contributed by atoms with Crippen LogP contribution in [0.1, 0.15) is 52.4 Å². The molecule has 0 aromatic carbocycles. The molecule has 0 radical (unpaired) electrons. The molecule has 2 fully saturated rings. The van der Waals surface area contributed by atoms with Crippen LogP contribution in [0.5, 0.6) is 0 Å². The van der Waals surface area contributed by atoms with E-state index >= 15 is 0 Å². The van der Waals surface area contributed by atoms with E-state index in [2.05, 4.69) is 18.7 Å². The fourth-order valence-corrected chi connectivity index (χ4v) is 3.14. The highest BCUT2D eigenvalue weighted by molar-refractivity contribution is 4.84. The van der Waals surface area contributed by atoms with Gasteiger partial charge in [0.15, 0.2) is 0 Å². The zero-order valence-electron chi connectivity index (χ0n) is 11.0. The lowest BCUT2D eigenvalue weighted by molar-refractivity contribution is 0.103. The highest BCUT2D eigenvalue weighted by atomic mass is 15.1. The largest absolute Gasteiger partial charge is 0.327 e. The second-order valence-electron chi connectivity index (χ2n) is 6.67. The Balaban J connectivity index is 1.77. The fraction of sp³-hybridized carbons (Fsp3) is 1.00. The predicted molar refractivity (Wildman–Crippen MR) is 69.4 cm³/mol. The minimum atomic E-state index is 0.476. The molecule has 1 saturated heterocycles. The van der Waals surface area contributed by atoms with Gasteiger partial charge in [0.1, 0.15) is 0 Å². The van der Waals surface area contributed by atoms with Gasteiger partial charge in [-0.05, 0) is 50.1 Å². The summed E-state index contributed by atoms with van der Waals surface area (Å²) in [6.45, 7) is 8.64. The molecule has 2 nitrogen and oxygen atoms in total. The summed E-state index contributed by atoms with van der Waals surface area (Å²) >= 11 is 0. The number of hydrogen-bond donors (Lipinski definition) is 1. The SMILES string of the molecule is CC1(C)CCN(C[C@H]2CCCC[C@H]2N)CC1. The summed E-state index contributed by atoms with van der Waals surface area (Å²) in [5, 5.41) is 0. The zero-order valence-corrected chi connectivity index (χ0v) is 11.0. The summed E-state index contributed by atoms with van der Waals surface area (Å²) in [7, 11) is 0. The van der Waals surface area contributed by atoms with Gasteiger partial charge in [0.2, 0.25) is 0 Å². The minimum Gasteiger partial charge on any atom is -0.327 e. The molecule has 1 aliphatic carbocycles. The van der Waals surface area contributed by atoms with Gasteiger partial charge in [-0.15, -0.1) is 0 Å². The van der Waals surface area contributed by atoms with Gasteiger partial charge < -0.3 is 10.6 Å². The molecule has 0 spiro atoms. The Morgan fingerprint density at radius 2 is 1.75 bits per heavy atom. The van der Waals surface area contributed by atoms with E-state index in [9.17, 15) is 0 Å². The van der Waals surface area contributed by atoms with Gasteiger partial charge in [-0.25, -0.2) is 0 Å². The van der Waals surface area contributed by atoms with Crippen molar-refractivity contribution in [2.24, 2.45) is 17.1 Å². The number of piperidine rings is 1. The molecular weight excluding hydrogens is 196 g/mol. The number of likely N-dealkylation sites (tertiary alicyclic amines) is 1. The molecule has 0 aromatic heterocycles. The van der Waals surface area contributed by atoms with Gasteiger partial charge in [0.05, 0.1) is 0 Å². The Bertz CT molecular complexity index is 215. The van der Waals surface area contributed by atoms with Crippen LogP contribution in [0, 0.1) is 11.3 Å². The van der Waals surface area contributed by atoms with Gasteiger partial charge in [-0.1, -0.05) is 26.7 Å². The number of nitrogens with two attached hydrogens (primary N) is 1. The van der Waals surface area contributed by atoms with Gasteiger partial charge in [-0.3, -0.25) is 0 Å². The maximum atomic E-state index is 6.22. The van der Waals surface area contributed by atoms with Crippen LogP contribution in [-0.4, -0.2) is 30.6 Å². The van der Waals surface area contributed by atoms with E-state index in [1.54, 1.807) is 0 Å². The zero-order chi connectivity index (χ0) is 11.6. The van der Waals surface area contributed by atoms with Crippen molar-refractivity contribution in [3.05, 3.63) is 0 Å². The molecule has 0 amide bonds. The highest BCUT2D eigenvalue weighted by Crippen LogP contribution is 2.31. The molecule has 94 valence electrons. The van der Waals surface area contributed by atoms with E-state index in [0.29, 0.717) is 11.5 Å². The summed E-state index contributed by atoms with van der Waals surface area (Å²) in [5.41, 5.74) is 6.80. The van der Waals surface area contributed by atoms with E-state index < -0.39 is 0 Å². The maximum absolute atomic E-state index is 6.22. The molecule has 2 atom stereocenters. The highest BCUT2D eigenvalue weighted by Gasteiger charge is 2.29. The van der Waals surface area contributed by atoms with Crippen LogP contribution in [0.25, 0.3) is 0 Å². The van der Waals surface area contributed by atoms with Gasteiger partial charge in [-0.2, -0.15) is 0 Å². The molecule has 16 heavy (non-hydrogen) atoms. The molecule has 2 N–H and O–H groups in total. The smallest absolute Gasteiger partial charge is 0.00793 e. The van der Waals surface area contributed by atoms with E-state index in [1.165, 1.54) is 58.2 Å². The molecule has 2 aliphatic rings. The van der Waals surface area contributed by atoms with Crippen LogP contribution < -0.4 is 5.73 Å². The first kappa shape index (κ1) is 12.4. The van der Waals surface area contributed by atoms with E-state index in [0.717, 1.165) is 5.92 Å². The Labute approximate surface area is 101 Å². The quantitative estimate of drug-likeness (QED) is 0.781. The summed E-state index contributed by atoms with van der Waals surface area (Å²) < 4.78 is 0. The summed E-state index contributed by atoms with van der Waals surface area (Å²) in [6.07, 6.45) is 8.08. The van der Waals surface area contributed by atoms with E-state index in [4.69, 9.17) is 5.73 Å². The van der Waals surface area contributed by atoms with Crippen LogP contribution in [0.4, 0.5) is 0 Å². The summed E-state index contributed by atoms with van der Waals surface area (Å²) in [4.78, 5) is 2.65. The Kier molecular flexibility index (Phi) is 3.91. The lowest BCUT2D eigenvalue weighted by Gasteiger charge is -2.40. The van der Waals surface area contributed by atoms with Crippen molar-refractivity contribution in [2.45, 2.75) is 58.4 Å². The number of hydrogen-bond acceptors (Lipinski definition) is 2. The topological polar surface area (TPSA) is 29.3 Å². The minimum absolute atomic E-state index is 0.476. The lowest BCUT2D eigenvalue weighted by atomic mass is 9.81. The van der Waals surface area contributed by atoms with Crippen LogP contribution in [-0.2, 0) is 0 Å². The molecule has 1 aliphatic heterocycles. The van der Waals surface area contributed by atoms with Crippen molar-refractivity contribution < 1.29 is 0 Å². The summed E-state index contributed by atoms with van der Waals surface area (Å²) in [6, 6.07) is 0.476. The van der Waals surface area contributed by atoms with Crippen LogP contribution in [0.15, 0.2) is 0 Å². The summed E-state index contributed by atoms with van der Waals surface area (Å²) in [5.74, 6) is 0.773. The second-order valence-corrected chi connectivity index (χ2v) is 6.67. The standard InChI is InChI=1S/C14H28N2/c1-14(2)7-9-16(10-8-14)11-12-5-3-4-6-13(12)15/h12-13H,3-11,15H2,1-2H3/t12-,13-/m1/s1. The molecule has 1 saturated carbocycles. The van der Waals surface area contributed by atoms with Gasteiger partial charge in [0.25, 0.3) is 0 Å². The molecule has 0 bridgehead atoms. The average Bonchev–Trinajstić information content (AvgIpc) is 2.24. The molecule has 1 heterocycles. The van der Waals surface area contributed by atoms with Crippen LogP contribution in [0.2, 0.25) is 0 Å². The molecule has 2 rings (SSSR count). The fourth-order valence-electron chi connectivity index (χ4n) is 3.14. The Hall–Kier alpha value is -0.0800.